The van der Waals surface area contributed by atoms with Crippen molar-refractivity contribution >= 4 is 17.4 Å². The molecule has 6 nitrogen and oxygen atoms in total. The van der Waals surface area contributed by atoms with Gasteiger partial charge in [0, 0.05) is 39.3 Å². The number of nitrogens with one attached hydrogen (secondary N) is 3. The lowest BCUT2D eigenvalue weighted by atomic mass is 10.3. The van der Waals surface area contributed by atoms with Crippen LogP contribution in [0.1, 0.15) is 0 Å². The summed E-state index contributed by atoms with van der Waals surface area (Å²) in [5.41, 5.74) is -0.314. The second-order valence-electron chi connectivity index (χ2n) is 3.91. The lowest BCUT2D eigenvalue weighted by Gasteiger charge is -2.27. The molecular weight excluding hydrogens is 242 g/mol. The third-order valence-electron chi connectivity index (χ3n) is 2.73. The van der Waals surface area contributed by atoms with E-state index >= 15 is 0 Å². The van der Waals surface area contributed by atoms with Gasteiger partial charge in [-0.3, -0.25) is 9.69 Å². The second kappa shape index (κ2) is 6.00. The Hall–Kier alpha value is -1.11. The molecule has 1 fully saturated rings. The first-order valence-corrected chi connectivity index (χ1v) is 6.05. The molecule has 0 atom stereocenters. The number of halogens is 1. The minimum absolute atomic E-state index is 0.118. The molecule has 1 aliphatic heterocycles. The monoisotopic (exact) mass is 257 g/mol. The zero-order valence-electron chi connectivity index (χ0n) is 9.50. The standard InChI is InChI=1S/C10H16ClN5O/c11-8-9(14-7-15-10(8)17)13-3-6-16-4-1-12-2-5-16/h7,12H,1-6H2,(H2,13,14,15,17). The zero-order chi connectivity index (χ0) is 12.1. The molecule has 0 aromatic carbocycles. The minimum Gasteiger partial charge on any atom is -0.367 e. The first-order chi connectivity index (χ1) is 8.27. The largest absolute Gasteiger partial charge is 0.367 e. The molecule has 94 valence electrons. The highest BCUT2D eigenvalue weighted by Gasteiger charge is 2.09. The van der Waals surface area contributed by atoms with Crippen LogP contribution >= 0.6 is 11.6 Å². The van der Waals surface area contributed by atoms with Crippen LogP contribution in [0.2, 0.25) is 5.02 Å². The van der Waals surface area contributed by atoms with Crippen molar-refractivity contribution in [3.63, 3.8) is 0 Å². The van der Waals surface area contributed by atoms with Crippen LogP contribution < -0.4 is 16.2 Å². The third kappa shape index (κ3) is 3.42. The molecule has 1 aliphatic rings. The highest BCUT2D eigenvalue weighted by atomic mass is 35.5. The van der Waals surface area contributed by atoms with E-state index in [-0.39, 0.29) is 10.6 Å². The molecule has 2 rings (SSSR count). The van der Waals surface area contributed by atoms with Crippen molar-refractivity contribution in [2.45, 2.75) is 0 Å². The normalized spacial score (nSPS) is 17.0. The molecule has 7 heteroatoms. The highest BCUT2D eigenvalue weighted by molar-refractivity contribution is 6.32. The highest BCUT2D eigenvalue weighted by Crippen LogP contribution is 2.11. The first kappa shape index (κ1) is 12.3. The van der Waals surface area contributed by atoms with E-state index in [0.717, 1.165) is 39.3 Å². The van der Waals surface area contributed by atoms with Crippen LogP contribution in [0.4, 0.5) is 5.82 Å². The van der Waals surface area contributed by atoms with E-state index in [0.29, 0.717) is 5.82 Å². The lowest BCUT2D eigenvalue weighted by Crippen LogP contribution is -2.45. The van der Waals surface area contributed by atoms with Gasteiger partial charge in [0.15, 0.2) is 5.82 Å². The molecular formula is C10H16ClN5O. The second-order valence-corrected chi connectivity index (χ2v) is 4.29. The minimum atomic E-state index is -0.314. The molecule has 0 amide bonds. The Morgan fingerprint density at radius 2 is 2.24 bits per heavy atom. The number of rotatable bonds is 4. The van der Waals surface area contributed by atoms with Gasteiger partial charge in [0.05, 0.1) is 6.33 Å². The van der Waals surface area contributed by atoms with Crippen molar-refractivity contribution < 1.29 is 0 Å². The van der Waals surface area contributed by atoms with Crippen molar-refractivity contribution in [2.24, 2.45) is 0 Å². The van der Waals surface area contributed by atoms with E-state index in [1.165, 1.54) is 6.33 Å². The Labute approximate surface area is 104 Å². The van der Waals surface area contributed by atoms with Gasteiger partial charge in [-0.1, -0.05) is 11.6 Å². The Balaban J connectivity index is 1.81. The lowest BCUT2D eigenvalue weighted by molar-refractivity contribution is 0.249. The van der Waals surface area contributed by atoms with E-state index in [9.17, 15) is 4.79 Å². The fourth-order valence-electron chi connectivity index (χ4n) is 1.77. The molecule has 0 radical (unpaired) electrons. The summed E-state index contributed by atoms with van der Waals surface area (Å²) in [5, 5.41) is 6.49. The van der Waals surface area contributed by atoms with Gasteiger partial charge in [0.2, 0.25) is 0 Å². The average molecular weight is 258 g/mol. The number of aromatic nitrogens is 2. The summed E-state index contributed by atoms with van der Waals surface area (Å²) in [6.07, 6.45) is 1.35. The van der Waals surface area contributed by atoms with Gasteiger partial charge >= 0.3 is 0 Å². The SMILES string of the molecule is O=c1[nH]cnc(NCCN2CCNCC2)c1Cl. The summed E-state index contributed by atoms with van der Waals surface area (Å²) in [7, 11) is 0. The predicted octanol–water partition coefficient (Wildman–Crippen LogP) is -0.260. The Bertz CT molecular complexity index is 415. The van der Waals surface area contributed by atoms with E-state index in [2.05, 4.69) is 25.5 Å². The van der Waals surface area contributed by atoms with Gasteiger partial charge in [-0.05, 0) is 0 Å². The van der Waals surface area contributed by atoms with Crippen LogP contribution in [0.25, 0.3) is 0 Å². The smallest absolute Gasteiger partial charge is 0.271 e. The fraction of sp³-hybridized carbons (Fsp3) is 0.600. The summed E-state index contributed by atoms with van der Waals surface area (Å²) >= 11 is 5.82. The van der Waals surface area contributed by atoms with Crippen molar-refractivity contribution in [3.05, 3.63) is 21.7 Å². The van der Waals surface area contributed by atoms with Crippen LogP contribution in [0.3, 0.4) is 0 Å². The van der Waals surface area contributed by atoms with Gasteiger partial charge < -0.3 is 15.6 Å². The molecule has 1 saturated heterocycles. The zero-order valence-corrected chi connectivity index (χ0v) is 10.3. The van der Waals surface area contributed by atoms with Crippen LogP contribution in [0.15, 0.2) is 11.1 Å². The van der Waals surface area contributed by atoms with Crippen LogP contribution in [-0.4, -0.2) is 54.1 Å². The Kier molecular flexibility index (Phi) is 4.36. The Morgan fingerprint density at radius 3 is 3.00 bits per heavy atom. The summed E-state index contributed by atoms with van der Waals surface area (Å²) in [6.45, 7) is 5.83. The molecule has 1 aromatic heterocycles. The number of hydrogen-bond acceptors (Lipinski definition) is 5. The van der Waals surface area contributed by atoms with Crippen molar-refractivity contribution in [3.8, 4) is 0 Å². The first-order valence-electron chi connectivity index (χ1n) is 5.67. The number of aromatic amines is 1. The van der Waals surface area contributed by atoms with Gasteiger partial charge in [-0.2, -0.15) is 0 Å². The molecule has 1 aromatic rings. The molecule has 0 unspecified atom stereocenters. The summed E-state index contributed by atoms with van der Waals surface area (Å²) in [5.74, 6) is 0.450. The molecule has 3 N–H and O–H groups in total. The van der Waals surface area contributed by atoms with Gasteiger partial charge in [0.1, 0.15) is 5.02 Å². The maximum atomic E-state index is 11.2. The summed E-state index contributed by atoms with van der Waals surface area (Å²) < 4.78 is 0. The maximum Gasteiger partial charge on any atom is 0.271 e. The van der Waals surface area contributed by atoms with Crippen molar-refractivity contribution in [1.82, 2.24) is 20.2 Å². The quantitative estimate of drug-likeness (QED) is 0.693. The third-order valence-corrected chi connectivity index (χ3v) is 3.08. The molecule has 0 spiro atoms. The van der Waals surface area contributed by atoms with Gasteiger partial charge in [-0.25, -0.2) is 4.98 Å². The number of nitrogens with zero attached hydrogens (tertiary/aromatic N) is 2. The number of piperazine rings is 1. The molecule has 17 heavy (non-hydrogen) atoms. The molecule has 0 bridgehead atoms. The van der Waals surface area contributed by atoms with E-state index < -0.39 is 0 Å². The van der Waals surface area contributed by atoms with E-state index in [1.54, 1.807) is 0 Å². The van der Waals surface area contributed by atoms with Crippen LogP contribution in [0, 0.1) is 0 Å². The average Bonchev–Trinajstić information content (AvgIpc) is 2.36. The summed E-state index contributed by atoms with van der Waals surface area (Å²) in [4.78, 5) is 20.0. The number of H-pyrrole nitrogens is 1. The molecule has 0 saturated carbocycles. The molecule has 0 aliphatic carbocycles. The van der Waals surface area contributed by atoms with E-state index in [1.807, 2.05) is 0 Å². The van der Waals surface area contributed by atoms with Crippen molar-refractivity contribution in [2.75, 3.05) is 44.6 Å². The van der Waals surface area contributed by atoms with Gasteiger partial charge in [0.25, 0.3) is 5.56 Å². The number of anilines is 1. The Morgan fingerprint density at radius 1 is 1.47 bits per heavy atom. The van der Waals surface area contributed by atoms with Crippen molar-refractivity contribution in [1.29, 1.82) is 0 Å². The maximum absolute atomic E-state index is 11.2. The summed E-state index contributed by atoms with van der Waals surface area (Å²) in [6, 6.07) is 0. The fourth-order valence-corrected chi connectivity index (χ4v) is 1.94. The topological polar surface area (TPSA) is 73.0 Å². The molecule has 2 heterocycles. The van der Waals surface area contributed by atoms with Crippen LogP contribution in [-0.2, 0) is 0 Å². The van der Waals surface area contributed by atoms with E-state index in [4.69, 9.17) is 11.6 Å². The van der Waals surface area contributed by atoms with Crippen LogP contribution in [0.5, 0.6) is 0 Å². The number of hydrogen-bond donors (Lipinski definition) is 3. The van der Waals surface area contributed by atoms with Gasteiger partial charge in [-0.15, -0.1) is 0 Å². The predicted molar refractivity (Wildman–Crippen MR) is 67.7 cm³/mol.